The van der Waals surface area contributed by atoms with Gasteiger partial charge in [0.15, 0.2) is 0 Å². The summed E-state index contributed by atoms with van der Waals surface area (Å²) in [5.74, 6) is 0.984. The van der Waals surface area contributed by atoms with E-state index in [4.69, 9.17) is 4.74 Å². The molecule has 0 saturated carbocycles. The molecule has 3 heteroatoms. The normalized spacial score (nSPS) is 11.6. The summed E-state index contributed by atoms with van der Waals surface area (Å²) in [6.45, 7) is 8.12. The Morgan fingerprint density at radius 3 is 2.43 bits per heavy atom. The van der Waals surface area contributed by atoms with Gasteiger partial charge in [-0.05, 0) is 49.6 Å². The van der Waals surface area contributed by atoms with Gasteiger partial charge in [0.2, 0.25) is 0 Å². The smallest absolute Gasteiger partial charge is 0.122 e. The van der Waals surface area contributed by atoms with Crippen molar-refractivity contribution in [2.45, 2.75) is 39.7 Å². The van der Waals surface area contributed by atoms with Gasteiger partial charge in [-0.3, -0.25) is 0 Å². The van der Waals surface area contributed by atoms with E-state index in [0.717, 1.165) is 12.3 Å². The van der Waals surface area contributed by atoms with Gasteiger partial charge in [-0.15, -0.1) is 12.4 Å². The number of benzene rings is 2. The largest absolute Gasteiger partial charge is 0.491 e. The van der Waals surface area contributed by atoms with E-state index in [1.54, 1.807) is 0 Å². The fraction of sp³-hybridized carbons (Fsp3) is 0.400. The van der Waals surface area contributed by atoms with Gasteiger partial charge in [-0.2, -0.15) is 0 Å². The predicted molar refractivity (Wildman–Crippen MR) is 101 cm³/mol. The van der Waals surface area contributed by atoms with Gasteiger partial charge in [0.1, 0.15) is 12.4 Å². The van der Waals surface area contributed by atoms with E-state index in [1.165, 1.54) is 29.5 Å². The first-order valence-electron chi connectivity index (χ1n) is 8.19. The number of hydrogen-bond acceptors (Lipinski definition) is 2. The molecule has 2 aromatic rings. The molecular weight excluding hydrogens is 306 g/mol. The molecule has 0 aliphatic rings. The molecule has 1 atom stereocenters. The summed E-state index contributed by atoms with van der Waals surface area (Å²) >= 11 is 0. The maximum Gasteiger partial charge on any atom is 0.122 e. The van der Waals surface area contributed by atoms with Crippen LogP contribution in [0.1, 0.15) is 42.5 Å². The Hall–Kier alpha value is -1.51. The Balaban J connectivity index is 0.00000264. The number of hydrogen-bond donors (Lipinski definition) is 1. The summed E-state index contributed by atoms with van der Waals surface area (Å²) in [5, 5.41) is 3.62. The maximum absolute atomic E-state index is 6.10. The number of aryl methyl sites for hydroxylation is 1. The minimum absolute atomic E-state index is 0. The summed E-state index contributed by atoms with van der Waals surface area (Å²) in [6.07, 6.45) is 2.39. The molecular formula is C20H28ClNO. The highest BCUT2D eigenvalue weighted by Crippen LogP contribution is 2.22. The molecule has 0 aliphatic carbocycles. The van der Waals surface area contributed by atoms with Crippen molar-refractivity contribution in [3.63, 3.8) is 0 Å². The topological polar surface area (TPSA) is 21.3 Å². The molecule has 0 aliphatic heterocycles. The van der Waals surface area contributed by atoms with Crippen LogP contribution in [-0.4, -0.2) is 13.2 Å². The molecule has 0 spiro atoms. The lowest BCUT2D eigenvalue weighted by Crippen LogP contribution is -2.27. The van der Waals surface area contributed by atoms with Crippen molar-refractivity contribution in [1.29, 1.82) is 0 Å². The zero-order valence-corrected chi connectivity index (χ0v) is 15.2. The van der Waals surface area contributed by atoms with Gasteiger partial charge in [0.25, 0.3) is 0 Å². The average Bonchev–Trinajstić information content (AvgIpc) is 2.55. The fourth-order valence-electron chi connectivity index (χ4n) is 2.47. The molecule has 2 rings (SSSR count). The Labute approximate surface area is 146 Å². The van der Waals surface area contributed by atoms with Gasteiger partial charge in [-0.1, -0.05) is 55.8 Å². The van der Waals surface area contributed by atoms with E-state index < -0.39 is 0 Å². The first kappa shape index (κ1) is 19.5. The van der Waals surface area contributed by atoms with Crippen LogP contribution in [0.4, 0.5) is 0 Å². The Bertz CT molecular complexity index is 571. The maximum atomic E-state index is 6.10. The van der Waals surface area contributed by atoms with Crippen molar-refractivity contribution < 1.29 is 4.74 Å². The molecule has 126 valence electrons. The number of unbranched alkanes of at least 4 members (excludes halogenated alkanes) is 1. The minimum atomic E-state index is 0. The third kappa shape index (κ3) is 5.89. The number of rotatable bonds is 8. The van der Waals surface area contributed by atoms with Crippen molar-refractivity contribution in [1.82, 2.24) is 5.32 Å². The van der Waals surface area contributed by atoms with E-state index in [2.05, 4.69) is 74.6 Å². The van der Waals surface area contributed by atoms with E-state index in [0.29, 0.717) is 6.61 Å². The van der Waals surface area contributed by atoms with Crippen LogP contribution >= 0.6 is 12.4 Å². The first-order valence-corrected chi connectivity index (χ1v) is 8.19. The summed E-state index contributed by atoms with van der Waals surface area (Å²) < 4.78 is 6.10. The van der Waals surface area contributed by atoms with E-state index >= 15 is 0 Å². The van der Waals surface area contributed by atoms with Crippen LogP contribution < -0.4 is 10.1 Å². The SMILES string of the molecule is CCCCNC(COc1cccc(C)c1C)c1ccccc1.Cl. The van der Waals surface area contributed by atoms with Crippen molar-refractivity contribution in [3.05, 3.63) is 65.2 Å². The highest BCUT2D eigenvalue weighted by Gasteiger charge is 2.12. The fourth-order valence-corrected chi connectivity index (χ4v) is 2.47. The molecule has 1 unspecified atom stereocenters. The second kappa shape index (κ2) is 10.3. The van der Waals surface area contributed by atoms with Crippen LogP contribution in [0.2, 0.25) is 0 Å². The molecule has 0 bridgehead atoms. The Kier molecular flexibility index (Phi) is 8.75. The summed E-state index contributed by atoms with van der Waals surface area (Å²) in [5.41, 5.74) is 3.78. The quantitative estimate of drug-likeness (QED) is 0.667. The Morgan fingerprint density at radius 1 is 1.00 bits per heavy atom. The van der Waals surface area contributed by atoms with Gasteiger partial charge < -0.3 is 10.1 Å². The van der Waals surface area contributed by atoms with Crippen LogP contribution in [-0.2, 0) is 0 Å². The number of ether oxygens (including phenoxy) is 1. The van der Waals surface area contributed by atoms with Gasteiger partial charge in [0.05, 0.1) is 6.04 Å². The van der Waals surface area contributed by atoms with E-state index in [1.807, 2.05) is 0 Å². The molecule has 0 heterocycles. The zero-order valence-electron chi connectivity index (χ0n) is 14.3. The third-order valence-electron chi connectivity index (χ3n) is 4.08. The predicted octanol–water partition coefficient (Wildman–Crippen LogP) is 5.24. The molecule has 0 fully saturated rings. The highest BCUT2D eigenvalue weighted by molar-refractivity contribution is 5.85. The lowest BCUT2D eigenvalue weighted by molar-refractivity contribution is 0.264. The van der Waals surface area contributed by atoms with Crippen LogP contribution in [0.3, 0.4) is 0 Å². The Morgan fingerprint density at radius 2 is 1.74 bits per heavy atom. The van der Waals surface area contributed by atoms with Gasteiger partial charge >= 0.3 is 0 Å². The van der Waals surface area contributed by atoms with Gasteiger partial charge in [-0.25, -0.2) is 0 Å². The molecule has 2 aromatic carbocycles. The molecule has 0 radical (unpaired) electrons. The molecule has 0 saturated heterocycles. The summed E-state index contributed by atoms with van der Waals surface area (Å²) in [7, 11) is 0. The van der Waals surface area contributed by atoms with Crippen LogP contribution in [0, 0.1) is 13.8 Å². The molecule has 23 heavy (non-hydrogen) atoms. The van der Waals surface area contributed by atoms with Crippen molar-refractivity contribution in [2.24, 2.45) is 0 Å². The lowest BCUT2D eigenvalue weighted by Gasteiger charge is -2.21. The molecule has 2 nitrogen and oxygen atoms in total. The molecule has 0 aromatic heterocycles. The summed E-state index contributed by atoms with van der Waals surface area (Å²) in [6, 6.07) is 17.0. The zero-order chi connectivity index (χ0) is 15.8. The first-order chi connectivity index (χ1) is 10.7. The van der Waals surface area contributed by atoms with Crippen molar-refractivity contribution in [2.75, 3.05) is 13.2 Å². The monoisotopic (exact) mass is 333 g/mol. The van der Waals surface area contributed by atoms with Crippen molar-refractivity contribution in [3.8, 4) is 5.75 Å². The van der Waals surface area contributed by atoms with Gasteiger partial charge in [0, 0.05) is 0 Å². The average molecular weight is 334 g/mol. The second-order valence-electron chi connectivity index (χ2n) is 5.78. The lowest BCUT2D eigenvalue weighted by atomic mass is 10.1. The molecule has 0 amide bonds. The number of halogens is 1. The van der Waals surface area contributed by atoms with E-state index in [9.17, 15) is 0 Å². The van der Waals surface area contributed by atoms with E-state index in [-0.39, 0.29) is 18.4 Å². The van der Waals surface area contributed by atoms with Crippen LogP contribution in [0.25, 0.3) is 0 Å². The summed E-state index contributed by atoms with van der Waals surface area (Å²) in [4.78, 5) is 0. The van der Waals surface area contributed by atoms with Crippen LogP contribution in [0.5, 0.6) is 5.75 Å². The minimum Gasteiger partial charge on any atom is -0.491 e. The second-order valence-corrected chi connectivity index (χ2v) is 5.78. The molecule has 1 N–H and O–H groups in total. The standard InChI is InChI=1S/C20H27NO.ClH/c1-4-5-14-21-19(18-11-7-6-8-12-18)15-22-20-13-9-10-16(2)17(20)3;/h6-13,19,21H,4-5,14-15H2,1-3H3;1H. The number of nitrogens with one attached hydrogen (secondary N) is 1. The highest BCUT2D eigenvalue weighted by atomic mass is 35.5. The van der Waals surface area contributed by atoms with Crippen LogP contribution in [0.15, 0.2) is 48.5 Å². The third-order valence-corrected chi connectivity index (χ3v) is 4.08. The van der Waals surface area contributed by atoms with Crippen molar-refractivity contribution >= 4 is 12.4 Å².